The van der Waals surface area contributed by atoms with Crippen LogP contribution in [0.1, 0.15) is 15.9 Å². The van der Waals surface area contributed by atoms with Gasteiger partial charge in [-0.2, -0.15) is 0 Å². The van der Waals surface area contributed by atoms with Gasteiger partial charge in [-0.15, -0.1) is 0 Å². The van der Waals surface area contributed by atoms with Crippen LogP contribution in [-0.4, -0.2) is 29.1 Å². The van der Waals surface area contributed by atoms with Gasteiger partial charge in [0.1, 0.15) is 5.82 Å². The summed E-state index contributed by atoms with van der Waals surface area (Å²) >= 11 is 0. The number of hydrogen-bond donors (Lipinski definition) is 5. The van der Waals surface area contributed by atoms with Gasteiger partial charge >= 0.3 is 0 Å². The summed E-state index contributed by atoms with van der Waals surface area (Å²) in [4.78, 5) is 15.6. The minimum atomic E-state index is -0.803. The lowest BCUT2D eigenvalue weighted by Crippen LogP contribution is -2.18. The molecule has 0 radical (unpaired) electrons. The van der Waals surface area contributed by atoms with E-state index in [1.165, 1.54) is 0 Å². The Hall–Kier alpha value is -2.71. The van der Waals surface area contributed by atoms with E-state index in [4.69, 9.17) is 16.6 Å². The number of nitrogens with zero attached hydrogens (tertiary/aromatic N) is 1. The number of nitrogens with one attached hydrogen (secondary N) is 2. The first-order chi connectivity index (χ1) is 11.0. The van der Waals surface area contributed by atoms with Crippen LogP contribution >= 0.6 is 0 Å². The van der Waals surface area contributed by atoms with E-state index in [1.807, 2.05) is 0 Å². The number of aromatic nitrogens is 1. The molecule has 2 aromatic rings. The molecule has 2 rings (SSSR count). The average Bonchev–Trinajstić information content (AvgIpc) is 2.54. The fraction of sp³-hybridized carbons (Fsp3) is 0.200. The van der Waals surface area contributed by atoms with E-state index in [9.17, 15) is 9.18 Å². The van der Waals surface area contributed by atoms with Crippen LogP contribution in [0.5, 0.6) is 0 Å². The van der Waals surface area contributed by atoms with Crippen molar-refractivity contribution < 1.29 is 14.3 Å². The van der Waals surface area contributed by atoms with Gasteiger partial charge in [0.25, 0.3) is 5.91 Å². The third kappa shape index (κ3) is 4.15. The van der Waals surface area contributed by atoms with Crippen LogP contribution in [0.15, 0.2) is 30.3 Å². The number of carbonyl (C=O) groups is 1. The van der Waals surface area contributed by atoms with Crippen molar-refractivity contribution in [3.63, 3.8) is 0 Å². The molecule has 1 heterocycles. The molecule has 23 heavy (non-hydrogen) atoms. The number of anilines is 3. The predicted molar refractivity (Wildman–Crippen MR) is 85.9 cm³/mol. The van der Waals surface area contributed by atoms with Gasteiger partial charge in [-0.3, -0.25) is 4.79 Å². The highest BCUT2D eigenvalue weighted by molar-refractivity contribution is 5.98. The second-order valence-electron chi connectivity index (χ2n) is 4.78. The maximum atomic E-state index is 13.9. The summed E-state index contributed by atoms with van der Waals surface area (Å²) in [6.07, 6.45) is 0. The number of halogens is 1. The number of hydrogen-bond acceptors (Lipinski definition) is 6. The molecule has 7 N–H and O–H groups in total. The van der Waals surface area contributed by atoms with Crippen molar-refractivity contribution in [2.24, 2.45) is 11.5 Å². The van der Waals surface area contributed by atoms with Gasteiger partial charge in [-0.05, 0) is 23.8 Å². The van der Waals surface area contributed by atoms with Crippen molar-refractivity contribution >= 4 is 23.2 Å². The number of carbonyl (C=O) groups excluding carboxylic acids is 1. The highest BCUT2D eigenvalue weighted by Gasteiger charge is 2.16. The van der Waals surface area contributed by atoms with Crippen molar-refractivity contribution in [3.8, 4) is 0 Å². The molecule has 0 saturated heterocycles. The highest BCUT2D eigenvalue weighted by atomic mass is 19.1. The number of pyridine rings is 1. The zero-order chi connectivity index (χ0) is 16.8. The summed E-state index contributed by atoms with van der Waals surface area (Å²) in [7, 11) is 0. The predicted octanol–water partition coefficient (Wildman–Crippen LogP) is 0.926. The normalized spacial score (nSPS) is 10.4. The number of rotatable bonds is 7. The number of nitrogens with two attached hydrogens (primary N) is 2. The molecular formula is C15H18FN5O2. The fourth-order valence-corrected chi connectivity index (χ4v) is 1.97. The third-order valence-corrected chi connectivity index (χ3v) is 3.05. The van der Waals surface area contributed by atoms with E-state index >= 15 is 0 Å². The van der Waals surface area contributed by atoms with Crippen LogP contribution in [0.4, 0.5) is 21.7 Å². The molecule has 0 bridgehead atoms. The summed E-state index contributed by atoms with van der Waals surface area (Å²) in [5, 5.41) is 14.8. The van der Waals surface area contributed by atoms with Gasteiger partial charge in [0.2, 0.25) is 0 Å². The van der Waals surface area contributed by atoms with E-state index in [1.54, 1.807) is 24.3 Å². The number of benzene rings is 1. The second kappa shape index (κ2) is 7.52. The molecule has 8 heteroatoms. The van der Waals surface area contributed by atoms with Gasteiger partial charge in [0, 0.05) is 18.8 Å². The largest absolute Gasteiger partial charge is 0.392 e. The number of primary amides is 1. The smallest absolute Gasteiger partial charge is 0.252 e. The molecule has 0 aliphatic rings. The Bertz CT molecular complexity index is 708. The minimum Gasteiger partial charge on any atom is -0.392 e. The first-order valence-electron chi connectivity index (χ1n) is 6.96. The minimum absolute atomic E-state index is 0.0266. The summed E-state index contributed by atoms with van der Waals surface area (Å²) < 4.78 is 13.9. The molecule has 0 atom stereocenters. The van der Waals surface area contributed by atoms with E-state index in [0.29, 0.717) is 24.3 Å². The van der Waals surface area contributed by atoms with Gasteiger partial charge in [-0.25, -0.2) is 9.37 Å². The molecule has 1 amide bonds. The average molecular weight is 319 g/mol. The summed E-state index contributed by atoms with van der Waals surface area (Å²) in [6.45, 7) is 0.512. The van der Waals surface area contributed by atoms with Crippen molar-refractivity contribution in [1.82, 2.24) is 4.98 Å². The molecule has 0 aliphatic heterocycles. The SMILES string of the molecule is NCCNc1nc(Nc2cccc(CO)c2)c(C(N)=O)cc1F. The molecule has 0 fully saturated rings. The lowest BCUT2D eigenvalue weighted by Gasteiger charge is -2.13. The lowest BCUT2D eigenvalue weighted by molar-refractivity contribution is 0.100. The molecule has 122 valence electrons. The summed E-state index contributed by atoms with van der Waals surface area (Å²) in [5.74, 6) is -1.40. The van der Waals surface area contributed by atoms with Crippen molar-refractivity contribution in [3.05, 3.63) is 47.3 Å². The monoisotopic (exact) mass is 319 g/mol. The molecule has 0 saturated carbocycles. The van der Waals surface area contributed by atoms with E-state index < -0.39 is 11.7 Å². The Kier molecular flexibility index (Phi) is 5.45. The van der Waals surface area contributed by atoms with Crippen molar-refractivity contribution in [2.75, 3.05) is 23.7 Å². The van der Waals surface area contributed by atoms with Crippen LogP contribution in [0, 0.1) is 5.82 Å². The van der Waals surface area contributed by atoms with Crippen LogP contribution in [0.3, 0.4) is 0 Å². The second-order valence-corrected chi connectivity index (χ2v) is 4.78. The first kappa shape index (κ1) is 16.7. The number of amides is 1. The van der Waals surface area contributed by atoms with E-state index in [0.717, 1.165) is 6.07 Å². The quantitative estimate of drug-likeness (QED) is 0.517. The van der Waals surface area contributed by atoms with Crippen molar-refractivity contribution in [2.45, 2.75) is 6.61 Å². The Morgan fingerprint density at radius 2 is 2.09 bits per heavy atom. The molecule has 0 aliphatic carbocycles. The Morgan fingerprint density at radius 1 is 1.30 bits per heavy atom. The summed E-state index contributed by atoms with van der Waals surface area (Å²) in [5.41, 5.74) is 11.8. The molecule has 0 unspecified atom stereocenters. The molecule has 0 spiro atoms. The Balaban J connectivity index is 2.39. The Morgan fingerprint density at radius 3 is 2.74 bits per heavy atom. The van der Waals surface area contributed by atoms with Crippen LogP contribution in [0.2, 0.25) is 0 Å². The van der Waals surface area contributed by atoms with Gasteiger partial charge in [-0.1, -0.05) is 12.1 Å². The van der Waals surface area contributed by atoms with Gasteiger partial charge in [0.05, 0.1) is 12.2 Å². The third-order valence-electron chi connectivity index (χ3n) is 3.05. The van der Waals surface area contributed by atoms with Gasteiger partial charge < -0.3 is 27.2 Å². The maximum Gasteiger partial charge on any atom is 0.252 e. The van der Waals surface area contributed by atoms with Crippen LogP contribution in [-0.2, 0) is 6.61 Å². The zero-order valence-electron chi connectivity index (χ0n) is 12.3. The highest BCUT2D eigenvalue weighted by Crippen LogP contribution is 2.24. The first-order valence-corrected chi connectivity index (χ1v) is 6.96. The number of aliphatic hydroxyl groups excluding tert-OH is 1. The summed E-state index contributed by atoms with van der Waals surface area (Å²) in [6, 6.07) is 7.90. The fourth-order valence-electron chi connectivity index (χ4n) is 1.97. The molecule has 7 nitrogen and oxygen atoms in total. The zero-order valence-corrected chi connectivity index (χ0v) is 12.3. The van der Waals surface area contributed by atoms with E-state index in [2.05, 4.69) is 15.6 Å². The van der Waals surface area contributed by atoms with Crippen molar-refractivity contribution in [1.29, 1.82) is 0 Å². The standard InChI is InChI=1S/C15H18FN5O2/c16-12-7-11(13(18)23)14(21-15(12)19-5-4-17)20-10-3-1-2-9(6-10)8-22/h1-3,6-7,22H,4-5,8,17H2,(H2,18,23)(H2,19,20,21). The molecule has 1 aromatic heterocycles. The molecular weight excluding hydrogens is 301 g/mol. The maximum absolute atomic E-state index is 13.9. The molecule has 1 aromatic carbocycles. The van der Waals surface area contributed by atoms with Crippen LogP contribution in [0.25, 0.3) is 0 Å². The topological polar surface area (TPSA) is 126 Å². The lowest BCUT2D eigenvalue weighted by atomic mass is 10.2. The van der Waals surface area contributed by atoms with Gasteiger partial charge in [0.15, 0.2) is 11.6 Å². The Labute approximate surface area is 132 Å². The van der Waals surface area contributed by atoms with Crippen LogP contribution < -0.4 is 22.1 Å². The number of aliphatic hydroxyl groups is 1. The van der Waals surface area contributed by atoms with E-state index in [-0.39, 0.29) is 23.8 Å².